The van der Waals surface area contributed by atoms with E-state index >= 15 is 0 Å². The van der Waals surface area contributed by atoms with Crippen molar-refractivity contribution in [1.29, 1.82) is 0 Å². The SMILES string of the molecule is OCC1(CNc2ncccc2C(F)(F)F)CC1. The summed E-state index contributed by atoms with van der Waals surface area (Å²) in [6.45, 7) is 0.317. The Balaban J connectivity index is 2.10. The number of aromatic nitrogens is 1. The number of hydrogen-bond acceptors (Lipinski definition) is 3. The average Bonchev–Trinajstić information content (AvgIpc) is 3.06. The van der Waals surface area contributed by atoms with Crippen molar-refractivity contribution < 1.29 is 18.3 Å². The molecule has 0 saturated heterocycles. The molecule has 1 aromatic heterocycles. The number of nitrogens with one attached hydrogen (secondary N) is 1. The van der Waals surface area contributed by atoms with Crippen molar-refractivity contribution in [2.24, 2.45) is 5.41 Å². The summed E-state index contributed by atoms with van der Waals surface area (Å²) in [5.41, 5.74) is -1.02. The lowest BCUT2D eigenvalue weighted by Crippen LogP contribution is -2.21. The van der Waals surface area contributed by atoms with E-state index in [0.717, 1.165) is 18.9 Å². The second-order valence-corrected chi connectivity index (χ2v) is 4.41. The topological polar surface area (TPSA) is 45.1 Å². The van der Waals surface area contributed by atoms with Crippen LogP contribution < -0.4 is 5.32 Å². The van der Waals surface area contributed by atoms with Crippen LogP contribution in [0.25, 0.3) is 0 Å². The zero-order valence-corrected chi connectivity index (χ0v) is 9.09. The lowest BCUT2D eigenvalue weighted by molar-refractivity contribution is -0.137. The van der Waals surface area contributed by atoms with Gasteiger partial charge in [0.2, 0.25) is 0 Å². The smallest absolute Gasteiger partial charge is 0.396 e. The van der Waals surface area contributed by atoms with Crippen LogP contribution in [0.15, 0.2) is 18.3 Å². The van der Waals surface area contributed by atoms with Crippen LogP contribution in [0.5, 0.6) is 0 Å². The first-order chi connectivity index (χ1) is 7.97. The summed E-state index contributed by atoms with van der Waals surface area (Å²) >= 11 is 0. The van der Waals surface area contributed by atoms with Gasteiger partial charge in [-0.05, 0) is 25.0 Å². The zero-order valence-electron chi connectivity index (χ0n) is 9.09. The Hall–Kier alpha value is -1.30. The van der Waals surface area contributed by atoms with E-state index in [0.29, 0.717) is 6.54 Å². The normalized spacial score (nSPS) is 17.9. The van der Waals surface area contributed by atoms with Crippen LogP contribution >= 0.6 is 0 Å². The first-order valence-corrected chi connectivity index (χ1v) is 5.34. The van der Waals surface area contributed by atoms with Crippen LogP contribution in [0.3, 0.4) is 0 Å². The second-order valence-electron chi connectivity index (χ2n) is 4.41. The molecule has 0 aliphatic heterocycles. The van der Waals surface area contributed by atoms with Gasteiger partial charge >= 0.3 is 6.18 Å². The van der Waals surface area contributed by atoms with Crippen LogP contribution in [-0.4, -0.2) is 23.2 Å². The van der Waals surface area contributed by atoms with Gasteiger partial charge in [0.15, 0.2) is 0 Å². The number of pyridine rings is 1. The third-order valence-corrected chi connectivity index (χ3v) is 3.04. The number of anilines is 1. The van der Waals surface area contributed by atoms with Crippen LogP contribution in [0.2, 0.25) is 0 Å². The molecule has 6 heteroatoms. The van der Waals surface area contributed by atoms with Crippen LogP contribution in [-0.2, 0) is 6.18 Å². The van der Waals surface area contributed by atoms with E-state index in [1.54, 1.807) is 0 Å². The summed E-state index contributed by atoms with van der Waals surface area (Å²) in [7, 11) is 0. The molecule has 3 nitrogen and oxygen atoms in total. The van der Waals surface area contributed by atoms with Gasteiger partial charge in [0.05, 0.1) is 12.2 Å². The molecule has 0 spiro atoms. The van der Waals surface area contributed by atoms with Gasteiger partial charge in [0, 0.05) is 18.2 Å². The van der Waals surface area contributed by atoms with Gasteiger partial charge in [0.25, 0.3) is 0 Å². The van der Waals surface area contributed by atoms with Crippen molar-refractivity contribution in [2.45, 2.75) is 19.0 Å². The lowest BCUT2D eigenvalue weighted by Gasteiger charge is -2.16. The molecular formula is C11H13F3N2O. The first-order valence-electron chi connectivity index (χ1n) is 5.34. The van der Waals surface area contributed by atoms with E-state index in [2.05, 4.69) is 10.3 Å². The molecule has 1 saturated carbocycles. The van der Waals surface area contributed by atoms with Gasteiger partial charge in [-0.25, -0.2) is 4.98 Å². The van der Waals surface area contributed by atoms with Crippen molar-refractivity contribution in [3.8, 4) is 0 Å². The number of nitrogens with zero attached hydrogens (tertiary/aromatic N) is 1. The Morgan fingerprint density at radius 3 is 2.65 bits per heavy atom. The van der Waals surface area contributed by atoms with Crippen molar-refractivity contribution >= 4 is 5.82 Å². The van der Waals surface area contributed by atoms with Crippen LogP contribution in [0.1, 0.15) is 18.4 Å². The molecule has 0 amide bonds. The minimum Gasteiger partial charge on any atom is -0.396 e. The van der Waals surface area contributed by atoms with Gasteiger partial charge in [-0.1, -0.05) is 0 Å². The highest BCUT2D eigenvalue weighted by atomic mass is 19.4. The maximum absolute atomic E-state index is 12.6. The first kappa shape index (κ1) is 12.2. The molecule has 0 bridgehead atoms. The third-order valence-electron chi connectivity index (χ3n) is 3.04. The molecule has 2 rings (SSSR count). The van der Waals surface area contributed by atoms with E-state index in [1.807, 2.05) is 0 Å². The van der Waals surface area contributed by atoms with Crippen molar-refractivity contribution in [1.82, 2.24) is 4.98 Å². The molecule has 1 heterocycles. The number of rotatable bonds is 4. The van der Waals surface area contributed by atoms with Crippen molar-refractivity contribution in [3.05, 3.63) is 23.9 Å². The predicted molar refractivity (Wildman–Crippen MR) is 56.5 cm³/mol. The van der Waals surface area contributed by atoms with E-state index in [-0.39, 0.29) is 17.8 Å². The molecule has 94 valence electrons. The zero-order chi connectivity index (χ0) is 12.5. The Morgan fingerprint density at radius 1 is 1.41 bits per heavy atom. The summed E-state index contributed by atoms with van der Waals surface area (Å²) < 4.78 is 37.9. The monoisotopic (exact) mass is 246 g/mol. The fraction of sp³-hybridized carbons (Fsp3) is 0.545. The van der Waals surface area contributed by atoms with Gasteiger partial charge in [0.1, 0.15) is 5.82 Å². The minimum atomic E-state index is -4.41. The van der Waals surface area contributed by atoms with Gasteiger partial charge in [-0.15, -0.1) is 0 Å². The molecule has 0 aromatic carbocycles. The predicted octanol–water partition coefficient (Wildman–Crippen LogP) is 2.28. The lowest BCUT2D eigenvalue weighted by atomic mass is 10.1. The molecule has 1 fully saturated rings. The molecule has 0 radical (unpaired) electrons. The standard InChI is InChI=1S/C11H13F3N2O/c12-11(13,14)8-2-1-5-15-9(8)16-6-10(7-17)3-4-10/h1-2,5,17H,3-4,6-7H2,(H,15,16). The number of aliphatic hydroxyl groups excluding tert-OH is 1. The van der Waals surface area contributed by atoms with Gasteiger partial charge < -0.3 is 10.4 Å². The van der Waals surface area contributed by atoms with Crippen molar-refractivity contribution in [3.63, 3.8) is 0 Å². The third kappa shape index (κ3) is 2.69. The molecule has 1 aliphatic rings. The second kappa shape index (κ2) is 4.18. The van der Waals surface area contributed by atoms with Crippen LogP contribution in [0.4, 0.5) is 19.0 Å². The van der Waals surface area contributed by atoms with Gasteiger partial charge in [-0.2, -0.15) is 13.2 Å². The van der Waals surface area contributed by atoms with E-state index < -0.39 is 11.7 Å². The maximum Gasteiger partial charge on any atom is 0.419 e. The average molecular weight is 246 g/mol. The largest absolute Gasteiger partial charge is 0.419 e. The Labute approximate surface area is 96.7 Å². The Morgan fingerprint density at radius 2 is 2.12 bits per heavy atom. The highest BCUT2D eigenvalue weighted by molar-refractivity contribution is 5.45. The molecule has 1 aromatic rings. The van der Waals surface area contributed by atoms with E-state index in [4.69, 9.17) is 5.11 Å². The fourth-order valence-corrected chi connectivity index (χ4v) is 1.61. The summed E-state index contributed by atoms with van der Waals surface area (Å²) in [4.78, 5) is 3.70. The van der Waals surface area contributed by atoms with E-state index in [9.17, 15) is 13.2 Å². The molecule has 0 unspecified atom stereocenters. The Bertz CT molecular complexity index is 402. The summed E-state index contributed by atoms with van der Waals surface area (Å²) in [5.74, 6) is -0.167. The highest BCUT2D eigenvalue weighted by Crippen LogP contribution is 2.45. The molecular weight excluding hydrogens is 233 g/mol. The number of hydrogen-bond donors (Lipinski definition) is 2. The summed E-state index contributed by atoms with van der Waals surface area (Å²) in [5, 5.41) is 11.8. The molecule has 17 heavy (non-hydrogen) atoms. The minimum absolute atomic E-state index is 0.00577. The quantitative estimate of drug-likeness (QED) is 0.856. The number of halogens is 3. The fourth-order valence-electron chi connectivity index (χ4n) is 1.61. The number of alkyl halides is 3. The molecule has 0 atom stereocenters. The molecule has 1 aliphatic carbocycles. The van der Waals surface area contributed by atoms with Crippen LogP contribution in [0, 0.1) is 5.41 Å². The maximum atomic E-state index is 12.6. The summed E-state index contributed by atoms with van der Waals surface area (Å²) in [6, 6.07) is 2.25. The van der Waals surface area contributed by atoms with Crippen molar-refractivity contribution in [2.75, 3.05) is 18.5 Å². The summed E-state index contributed by atoms with van der Waals surface area (Å²) in [6.07, 6.45) is -1.42. The number of aliphatic hydroxyl groups is 1. The van der Waals surface area contributed by atoms with E-state index in [1.165, 1.54) is 12.3 Å². The molecule has 2 N–H and O–H groups in total. The highest BCUT2D eigenvalue weighted by Gasteiger charge is 2.42. The Kier molecular flexibility index (Phi) is 2.99. The van der Waals surface area contributed by atoms with Gasteiger partial charge in [-0.3, -0.25) is 0 Å².